The van der Waals surface area contributed by atoms with Gasteiger partial charge >= 0.3 is 0 Å². The molecule has 6 heteroatoms. The molecule has 1 aromatic carbocycles. The van der Waals surface area contributed by atoms with Crippen molar-refractivity contribution in [2.24, 2.45) is 11.7 Å². The van der Waals surface area contributed by atoms with Crippen LogP contribution in [0.1, 0.15) is 24.8 Å². The van der Waals surface area contributed by atoms with E-state index in [2.05, 4.69) is 20.7 Å². The van der Waals surface area contributed by atoms with Crippen LogP contribution in [0.5, 0.6) is 0 Å². The van der Waals surface area contributed by atoms with E-state index in [1.807, 2.05) is 13.0 Å². The molecule has 1 aliphatic rings. The Morgan fingerprint density at radius 3 is 2.74 bits per heavy atom. The Bertz CT molecular complexity index is 540. The number of aryl methyl sites for hydroxylation is 1. The van der Waals surface area contributed by atoms with Gasteiger partial charge in [0.2, 0.25) is 10.0 Å². The van der Waals surface area contributed by atoms with Crippen LogP contribution < -0.4 is 10.5 Å². The van der Waals surface area contributed by atoms with Crippen molar-refractivity contribution < 1.29 is 8.42 Å². The number of nitrogens with one attached hydrogen (secondary N) is 1. The van der Waals surface area contributed by atoms with E-state index < -0.39 is 10.0 Å². The lowest BCUT2D eigenvalue weighted by Crippen LogP contribution is -2.39. The van der Waals surface area contributed by atoms with Crippen LogP contribution in [0.2, 0.25) is 0 Å². The van der Waals surface area contributed by atoms with Gasteiger partial charge in [-0.15, -0.1) is 0 Å². The number of benzene rings is 1. The predicted molar refractivity (Wildman–Crippen MR) is 79.4 cm³/mol. The summed E-state index contributed by atoms with van der Waals surface area (Å²) in [5.74, 6) is 0.253. The van der Waals surface area contributed by atoms with E-state index in [4.69, 9.17) is 5.73 Å². The molecule has 0 saturated heterocycles. The molecule has 0 radical (unpaired) electrons. The van der Waals surface area contributed by atoms with E-state index in [1.165, 1.54) is 0 Å². The minimum Gasteiger partial charge on any atom is -0.330 e. The zero-order valence-corrected chi connectivity index (χ0v) is 13.3. The molecule has 19 heavy (non-hydrogen) atoms. The molecule has 1 aliphatic carbocycles. The second-order valence-corrected chi connectivity index (χ2v) is 7.75. The van der Waals surface area contributed by atoms with Gasteiger partial charge in [0.25, 0.3) is 0 Å². The first kappa shape index (κ1) is 15.0. The lowest BCUT2D eigenvalue weighted by Gasteiger charge is -2.19. The van der Waals surface area contributed by atoms with Gasteiger partial charge < -0.3 is 5.73 Å². The SMILES string of the molecule is Cc1cc(Br)cc(S(=O)(=O)NC2CCCC2CN)c1. The first-order valence-electron chi connectivity index (χ1n) is 6.42. The molecule has 0 aliphatic heterocycles. The fraction of sp³-hybridized carbons (Fsp3) is 0.538. The van der Waals surface area contributed by atoms with Gasteiger partial charge in [-0.25, -0.2) is 13.1 Å². The van der Waals surface area contributed by atoms with Crippen LogP contribution in [0.15, 0.2) is 27.6 Å². The lowest BCUT2D eigenvalue weighted by molar-refractivity contribution is 0.453. The summed E-state index contributed by atoms with van der Waals surface area (Å²) in [5.41, 5.74) is 6.60. The average Bonchev–Trinajstić information content (AvgIpc) is 2.74. The van der Waals surface area contributed by atoms with Gasteiger partial charge in [-0.3, -0.25) is 0 Å². The Balaban J connectivity index is 2.22. The normalized spacial score (nSPS) is 23.7. The Labute approximate surface area is 122 Å². The van der Waals surface area contributed by atoms with Crippen LogP contribution >= 0.6 is 15.9 Å². The first-order valence-corrected chi connectivity index (χ1v) is 8.69. The van der Waals surface area contributed by atoms with Crippen LogP contribution in [0.3, 0.4) is 0 Å². The standard InChI is InChI=1S/C13H19BrN2O2S/c1-9-5-11(14)7-12(6-9)19(17,18)16-13-4-2-3-10(13)8-15/h5-7,10,13,16H,2-4,8,15H2,1H3. The van der Waals surface area contributed by atoms with Crippen LogP contribution in [-0.4, -0.2) is 21.0 Å². The fourth-order valence-electron chi connectivity index (χ4n) is 2.60. The maximum Gasteiger partial charge on any atom is 0.240 e. The van der Waals surface area contributed by atoms with Gasteiger partial charge in [-0.1, -0.05) is 22.4 Å². The molecule has 2 atom stereocenters. The fourth-order valence-corrected chi connectivity index (χ4v) is 4.83. The molecular weight excluding hydrogens is 328 g/mol. The average molecular weight is 347 g/mol. The highest BCUT2D eigenvalue weighted by Crippen LogP contribution is 2.27. The quantitative estimate of drug-likeness (QED) is 0.877. The highest BCUT2D eigenvalue weighted by molar-refractivity contribution is 9.10. The van der Waals surface area contributed by atoms with Crippen molar-refractivity contribution in [2.75, 3.05) is 6.54 Å². The molecule has 106 valence electrons. The summed E-state index contributed by atoms with van der Waals surface area (Å²) < 4.78 is 28.3. The smallest absolute Gasteiger partial charge is 0.240 e. The van der Waals surface area contributed by atoms with Crippen LogP contribution in [-0.2, 0) is 10.0 Å². The molecule has 0 aromatic heterocycles. The second kappa shape index (κ2) is 5.91. The largest absolute Gasteiger partial charge is 0.330 e. The summed E-state index contributed by atoms with van der Waals surface area (Å²) in [6.45, 7) is 2.41. The number of hydrogen-bond donors (Lipinski definition) is 2. The van der Waals surface area contributed by atoms with E-state index in [0.717, 1.165) is 29.3 Å². The Morgan fingerprint density at radius 2 is 2.11 bits per heavy atom. The molecule has 1 saturated carbocycles. The monoisotopic (exact) mass is 346 g/mol. The topological polar surface area (TPSA) is 72.2 Å². The minimum atomic E-state index is -3.47. The minimum absolute atomic E-state index is 0.0331. The van der Waals surface area contributed by atoms with Gasteiger partial charge in [0.1, 0.15) is 0 Å². The maximum atomic E-state index is 12.4. The predicted octanol–water partition coefficient (Wildman–Crippen LogP) is 2.16. The summed E-state index contributed by atoms with van der Waals surface area (Å²) in [5, 5.41) is 0. The van der Waals surface area contributed by atoms with Gasteiger partial charge in [0.05, 0.1) is 4.90 Å². The van der Waals surface area contributed by atoms with Crippen molar-refractivity contribution >= 4 is 26.0 Å². The third kappa shape index (κ3) is 3.56. The number of rotatable bonds is 4. The second-order valence-electron chi connectivity index (χ2n) is 5.12. The maximum absolute atomic E-state index is 12.4. The van der Waals surface area contributed by atoms with E-state index >= 15 is 0 Å². The molecule has 3 N–H and O–H groups in total. The molecule has 2 unspecified atom stereocenters. The molecular formula is C13H19BrN2O2S. The number of halogens is 1. The van der Waals surface area contributed by atoms with Crippen molar-refractivity contribution in [1.82, 2.24) is 4.72 Å². The number of nitrogens with two attached hydrogens (primary N) is 1. The van der Waals surface area contributed by atoms with Crippen LogP contribution in [0, 0.1) is 12.8 Å². The summed E-state index contributed by atoms with van der Waals surface area (Å²) in [6.07, 6.45) is 2.90. The number of sulfonamides is 1. The van der Waals surface area contributed by atoms with E-state index in [9.17, 15) is 8.42 Å². The lowest BCUT2D eigenvalue weighted by atomic mass is 10.1. The van der Waals surface area contributed by atoms with Crippen molar-refractivity contribution in [2.45, 2.75) is 37.1 Å². The highest BCUT2D eigenvalue weighted by Gasteiger charge is 2.30. The summed E-state index contributed by atoms with van der Waals surface area (Å²) in [7, 11) is -3.47. The summed E-state index contributed by atoms with van der Waals surface area (Å²) in [4.78, 5) is 0.307. The van der Waals surface area contributed by atoms with Crippen molar-refractivity contribution in [3.8, 4) is 0 Å². The Morgan fingerprint density at radius 1 is 1.37 bits per heavy atom. The summed E-state index contributed by atoms with van der Waals surface area (Å²) >= 11 is 3.33. The zero-order valence-electron chi connectivity index (χ0n) is 10.9. The molecule has 0 amide bonds. The van der Waals surface area contributed by atoms with E-state index in [0.29, 0.717) is 11.4 Å². The summed E-state index contributed by atoms with van der Waals surface area (Å²) in [6, 6.07) is 5.16. The van der Waals surface area contributed by atoms with Gasteiger partial charge in [-0.2, -0.15) is 0 Å². The first-order chi connectivity index (χ1) is 8.92. The highest BCUT2D eigenvalue weighted by atomic mass is 79.9. The van der Waals surface area contributed by atoms with Gasteiger partial charge in [0.15, 0.2) is 0 Å². The van der Waals surface area contributed by atoms with E-state index in [-0.39, 0.29) is 12.0 Å². The van der Waals surface area contributed by atoms with Crippen molar-refractivity contribution in [3.05, 3.63) is 28.2 Å². The van der Waals surface area contributed by atoms with Crippen molar-refractivity contribution in [1.29, 1.82) is 0 Å². The molecule has 2 rings (SSSR count). The van der Waals surface area contributed by atoms with Crippen molar-refractivity contribution in [3.63, 3.8) is 0 Å². The Kier molecular flexibility index (Phi) is 4.66. The van der Waals surface area contributed by atoms with E-state index in [1.54, 1.807) is 12.1 Å². The zero-order chi connectivity index (χ0) is 14.0. The van der Waals surface area contributed by atoms with Crippen LogP contribution in [0.4, 0.5) is 0 Å². The third-order valence-corrected chi connectivity index (χ3v) is 5.52. The molecule has 0 bridgehead atoms. The third-order valence-electron chi connectivity index (χ3n) is 3.59. The Hall–Kier alpha value is -0.430. The number of hydrogen-bond acceptors (Lipinski definition) is 3. The molecule has 0 spiro atoms. The van der Waals surface area contributed by atoms with Crippen LogP contribution in [0.25, 0.3) is 0 Å². The molecule has 1 aromatic rings. The molecule has 0 heterocycles. The molecule has 4 nitrogen and oxygen atoms in total. The van der Waals surface area contributed by atoms with Gasteiger partial charge in [-0.05, 0) is 56.0 Å². The van der Waals surface area contributed by atoms with Gasteiger partial charge in [0, 0.05) is 10.5 Å². The molecule has 1 fully saturated rings.